The van der Waals surface area contributed by atoms with Crippen molar-refractivity contribution in [2.45, 2.75) is 49.7 Å². The molecule has 0 bridgehead atoms. The number of nitrogens with zero attached hydrogens (tertiary/aromatic N) is 1. The maximum Gasteiger partial charge on any atom is 0.251 e. The van der Waals surface area contributed by atoms with Crippen LogP contribution >= 0.6 is 0 Å². The van der Waals surface area contributed by atoms with Crippen LogP contribution in [0.2, 0.25) is 0 Å². The van der Waals surface area contributed by atoms with Crippen LogP contribution in [0.15, 0.2) is 30.3 Å². The second kappa shape index (κ2) is 5.72. The van der Waals surface area contributed by atoms with Gasteiger partial charge in [0.05, 0.1) is 6.04 Å². The third-order valence-electron chi connectivity index (χ3n) is 4.53. The summed E-state index contributed by atoms with van der Waals surface area (Å²) in [7, 11) is 0. The number of hydrogen-bond acceptors (Lipinski definition) is 2. The molecule has 1 aromatic rings. The number of rotatable bonds is 4. The van der Waals surface area contributed by atoms with Gasteiger partial charge in [0, 0.05) is 31.5 Å². The Bertz CT molecular complexity index is 486. The van der Waals surface area contributed by atoms with Crippen molar-refractivity contribution >= 4 is 6.41 Å². The zero-order valence-electron chi connectivity index (χ0n) is 11.8. The predicted molar refractivity (Wildman–Crippen MR) is 76.1 cm³/mol. The normalized spacial score (nSPS) is 29.0. The number of hydrogen-bond donors (Lipinski definition) is 1. The van der Waals surface area contributed by atoms with Gasteiger partial charge in [-0.3, -0.25) is 4.79 Å². The average molecular weight is 294 g/mol. The number of alkyl halides is 2. The van der Waals surface area contributed by atoms with Crippen LogP contribution in [-0.2, 0) is 4.79 Å². The first-order valence-corrected chi connectivity index (χ1v) is 7.47. The van der Waals surface area contributed by atoms with Crippen LogP contribution in [0.3, 0.4) is 0 Å². The van der Waals surface area contributed by atoms with E-state index in [1.165, 1.54) is 0 Å². The standard InChI is InChI=1S/C16H20F2N2O/c17-16(18)9-14(10-16)19-13-6-7-20(11-21)15(8-13)12-4-2-1-3-5-12/h1-5,11,13-15,19H,6-10H2/t13-,15+/m1/s1. The molecule has 1 amide bonds. The molecule has 21 heavy (non-hydrogen) atoms. The topological polar surface area (TPSA) is 32.3 Å². The number of benzene rings is 1. The molecule has 5 heteroatoms. The van der Waals surface area contributed by atoms with Gasteiger partial charge in [-0.05, 0) is 18.4 Å². The number of halogens is 2. The van der Waals surface area contributed by atoms with E-state index >= 15 is 0 Å². The first-order valence-electron chi connectivity index (χ1n) is 7.47. The molecule has 3 rings (SSSR count). The summed E-state index contributed by atoms with van der Waals surface area (Å²) in [5.74, 6) is -2.49. The quantitative estimate of drug-likeness (QED) is 0.866. The molecule has 1 aliphatic carbocycles. The molecule has 0 unspecified atom stereocenters. The van der Waals surface area contributed by atoms with E-state index in [4.69, 9.17) is 0 Å². The Morgan fingerprint density at radius 1 is 1.19 bits per heavy atom. The van der Waals surface area contributed by atoms with Gasteiger partial charge in [0.2, 0.25) is 6.41 Å². The predicted octanol–water partition coefficient (Wildman–Crippen LogP) is 2.74. The van der Waals surface area contributed by atoms with Crippen molar-refractivity contribution in [2.75, 3.05) is 6.54 Å². The SMILES string of the molecule is O=CN1CC[C@@H](NC2CC(F)(F)C2)C[C@H]1c1ccccc1. The summed E-state index contributed by atoms with van der Waals surface area (Å²) < 4.78 is 25.8. The van der Waals surface area contributed by atoms with Crippen LogP contribution in [0.1, 0.15) is 37.3 Å². The minimum atomic E-state index is -2.49. The Morgan fingerprint density at radius 3 is 2.52 bits per heavy atom. The maximum absolute atomic E-state index is 12.9. The minimum Gasteiger partial charge on any atom is -0.338 e. The average Bonchev–Trinajstić information content (AvgIpc) is 2.46. The number of piperidine rings is 1. The van der Waals surface area contributed by atoms with Crippen molar-refractivity contribution in [1.29, 1.82) is 0 Å². The third kappa shape index (κ3) is 3.23. The largest absolute Gasteiger partial charge is 0.338 e. The van der Waals surface area contributed by atoms with E-state index in [1.54, 1.807) is 0 Å². The van der Waals surface area contributed by atoms with Crippen molar-refractivity contribution in [1.82, 2.24) is 10.2 Å². The van der Waals surface area contributed by atoms with Gasteiger partial charge in [0.1, 0.15) is 0 Å². The maximum atomic E-state index is 12.9. The first kappa shape index (κ1) is 14.4. The molecule has 3 nitrogen and oxygen atoms in total. The fourth-order valence-electron chi connectivity index (χ4n) is 3.38. The van der Waals surface area contributed by atoms with Crippen molar-refractivity contribution in [2.24, 2.45) is 0 Å². The number of likely N-dealkylation sites (tertiary alicyclic amines) is 1. The van der Waals surface area contributed by atoms with Crippen molar-refractivity contribution in [3.63, 3.8) is 0 Å². The number of carbonyl (C=O) groups is 1. The molecule has 1 saturated heterocycles. The molecule has 2 atom stereocenters. The Morgan fingerprint density at radius 2 is 1.90 bits per heavy atom. The summed E-state index contributed by atoms with van der Waals surface area (Å²) in [6.07, 6.45) is 2.38. The lowest BCUT2D eigenvalue weighted by Gasteiger charge is -2.42. The molecule has 0 radical (unpaired) electrons. The van der Waals surface area contributed by atoms with Gasteiger partial charge < -0.3 is 10.2 Å². The lowest BCUT2D eigenvalue weighted by Crippen LogP contribution is -2.54. The second-order valence-corrected chi connectivity index (χ2v) is 6.12. The van der Waals surface area contributed by atoms with Gasteiger partial charge in [-0.2, -0.15) is 0 Å². The summed E-state index contributed by atoms with van der Waals surface area (Å²) in [6.45, 7) is 0.670. The highest BCUT2D eigenvalue weighted by molar-refractivity contribution is 5.49. The van der Waals surface area contributed by atoms with E-state index < -0.39 is 5.92 Å². The summed E-state index contributed by atoms with van der Waals surface area (Å²) in [5, 5.41) is 3.33. The smallest absolute Gasteiger partial charge is 0.251 e. The van der Waals surface area contributed by atoms with Crippen molar-refractivity contribution < 1.29 is 13.6 Å². The summed E-state index contributed by atoms with van der Waals surface area (Å²) in [6, 6.07) is 10.1. The minimum absolute atomic E-state index is 0.0375. The van der Waals surface area contributed by atoms with Crippen molar-refractivity contribution in [3.8, 4) is 0 Å². The van der Waals surface area contributed by atoms with Crippen LogP contribution < -0.4 is 5.32 Å². The molecule has 1 aliphatic heterocycles. The van der Waals surface area contributed by atoms with Gasteiger partial charge in [0.25, 0.3) is 5.92 Å². The van der Waals surface area contributed by atoms with Gasteiger partial charge in [-0.15, -0.1) is 0 Å². The highest BCUT2D eigenvalue weighted by Gasteiger charge is 2.46. The van der Waals surface area contributed by atoms with Crippen LogP contribution in [0.4, 0.5) is 8.78 Å². The van der Waals surface area contributed by atoms with E-state index in [0.717, 1.165) is 24.8 Å². The van der Waals surface area contributed by atoms with E-state index in [-0.39, 0.29) is 31.0 Å². The fourth-order valence-corrected chi connectivity index (χ4v) is 3.38. The van der Waals surface area contributed by atoms with Crippen molar-refractivity contribution in [3.05, 3.63) is 35.9 Å². The number of amides is 1. The van der Waals surface area contributed by atoms with Gasteiger partial charge in [-0.1, -0.05) is 30.3 Å². The molecule has 114 valence electrons. The lowest BCUT2D eigenvalue weighted by molar-refractivity contribution is -0.122. The number of nitrogens with one attached hydrogen (secondary N) is 1. The fraction of sp³-hybridized carbons (Fsp3) is 0.562. The Balaban J connectivity index is 1.63. The first-order chi connectivity index (χ1) is 10.1. The van der Waals surface area contributed by atoms with Gasteiger partial charge in [-0.25, -0.2) is 8.78 Å². The van der Waals surface area contributed by atoms with E-state index in [9.17, 15) is 13.6 Å². The van der Waals surface area contributed by atoms with Gasteiger partial charge >= 0.3 is 0 Å². The van der Waals surface area contributed by atoms with Gasteiger partial charge in [0.15, 0.2) is 0 Å². The molecule has 0 aromatic heterocycles. The van der Waals surface area contributed by atoms with E-state index in [1.807, 2.05) is 35.2 Å². The highest BCUT2D eigenvalue weighted by atomic mass is 19.3. The van der Waals surface area contributed by atoms with Crippen LogP contribution in [0.25, 0.3) is 0 Å². The van der Waals surface area contributed by atoms with Crippen LogP contribution in [0.5, 0.6) is 0 Å². The molecule has 2 aliphatic rings. The van der Waals surface area contributed by atoms with Crippen LogP contribution in [-0.4, -0.2) is 35.9 Å². The Labute approximate surface area is 123 Å². The zero-order valence-corrected chi connectivity index (χ0v) is 11.8. The number of carbonyl (C=O) groups excluding carboxylic acids is 1. The molecular formula is C16H20F2N2O. The Hall–Kier alpha value is -1.49. The molecule has 2 fully saturated rings. The second-order valence-electron chi connectivity index (χ2n) is 6.12. The van der Waals surface area contributed by atoms with E-state index in [2.05, 4.69) is 5.32 Å². The van der Waals surface area contributed by atoms with E-state index in [0.29, 0.717) is 6.54 Å². The molecule has 1 saturated carbocycles. The lowest BCUT2D eigenvalue weighted by atomic mass is 9.85. The summed E-state index contributed by atoms with van der Waals surface area (Å²) >= 11 is 0. The molecule has 1 heterocycles. The van der Waals surface area contributed by atoms with Crippen LogP contribution in [0, 0.1) is 0 Å². The monoisotopic (exact) mass is 294 g/mol. The molecule has 0 spiro atoms. The highest BCUT2D eigenvalue weighted by Crippen LogP contribution is 2.39. The molecule has 1 N–H and O–H groups in total. The summed E-state index contributed by atoms with van der Waals surface area (Å²) in [4.78, 5) is 13.0. The molecule has 1 aromatic carbocycles. The third-order valence-corrected chi connectivity index (χ3v) is 4.53. The Kier molecular flexibility index (Phi) is 3.93. The molecular weight excluding hydrogens is 274 g/mol. The summed E-state index contributed by atoms with van der Waals surface area (Å²) in [5.41, 5.74) is 1.11. The zero-order chi connectivity index (χ0) is 14.9.